The number of nitriles is 1. The first-order valence-corrected chi connectivity index (χ1v) is 9.79. The van der Waals surface area contributed by atoms with Gasteiger partial charge < -0.3 is 9.64 Å². The number of anilines is 1. The van der Waals surface area contributed by atoms with Gasteiger partial charge in [-0.3, -0.25) is 0 Å². The molecule has 0 atom stereocenters. The lowest BCUT2D eigenvalue weighted by atomic mass is 10.1. The van der Waals surface area contributed by atoms with E-state index in [1.807, 2.05) is 19.9 Å². The predicted octanol–water partition coefficient (Wildman–Crippen LogP) is 0.269. The zero-order chi connectivity index (χ0) is 18.0. The van der Waals surface area contributed by atoms with Gasteiger partial charge in [0, 0.05) is 39.3 Å². The molecule has 25 heavy (non-hydrogen) atoms. The van der Waals surface area contributed by atoms with Crippen molar-refractivity contribution >= 4 is 16.0 Å². The minimum Gasteiger partial charge on any atom is -0.379 e. The number of hydrogen-bond acceptors (Lipinski definition) is 6. The lowest BCUT2D eigenvalue weighted by Crippen LogP contribution is -2.55. The summed E-state index contributed by atoms with van der Waals surface area (Å²) in [4.78, 5) is 6.59. The highest BCUT2D eigenvalue weighted by Crippen LogP contribution is 2.21. The topological polar surface area (TPSA) is 89.8 Å². The molecule has 0 bridgehead atoms. The van der Waals surface area contributed by atoms with Gasteiger partial charge in [0.2, 0.25) is 0 Å². The zero-order valence-electron chi connectivity index (χ0n) is 14.6. The van der Waals surface area contributed by atoms with E-state index in [0.29, 0.717) is 63.7 Å². The third-order valence-electron chi connectivity index (χ3n) is 4.68. The second-order valence-electron chi connectivity index (χ2n) is 6.27. The summed E-state index contributed by atoms with van der Waals surface area (Å²) < 4.78 is 33.7. The smallest absolute Gasteiger partial charge is 0.282 e. The van der Waals surface area contributed by atoms with Crippen molar-refractivity contribution in [1.82, 2.24) is 13.6 Å². The molecule has 9 heteroatoms. The third kappa shape index (κ3) is 3.62. The van der Waals surface area contributed by atoms with Crippen molar-refractivity contribution in [1.29, 1.82) is 5.26 Å². The van der Waals surface area contributed by atoms with E-state index >= 15 is 0 Å². The van der Waals surface area contributed by atoms with E-state index < -0.39 is 10.2 Å². The van der Waals surface area contributed by atoms with Gasteiger partial charge in [-0.15, -0.1) is 0 Å². The van der Waals surface area contributed by atoms with Crippen LogP contribution in [0.3, 0.4) is 0 Å². The summed E-state index contributed by atoms with van der Waals surface area (Å²) in [6.45, 7) is 7.49. The van der Waals surface area contributed by atoms with Crippen LogP contribution in [-0.2, 0) is 14.9 Å². The standard InChI is InChI=1S/C16H23N5O3S/c1-13-11-16(18-14(2)15(13)12-17)19-3-5-20(6-4-19)25(22,23)21-7-9-24-10-8-21/h11H,3-10H2,1-2H3. The normalized spacial score (nSPS) is 20.4. The lowest BCUT2D eigenvalue weighted by molar-refractivity contribution is 0.0700. The van der Waals surface area contributed by atoms with Gasteiger partial charge in [-0.1, -0.05) is 0 Å². The molecule has 3 rings (SSSR count). The molecule has 0 saturated carbocycles. The number of aromatic nitrogens is 1. The number of rotatable bonds is 3. The second-order valence-corrected chi connectivity index (χ2v) is 8.20. The van der Waals surface area contributed by atoms with Crippen LogP contribution in [0.5, 0.6) is 0 Å². The molecule has 0 radical (unpaired) electrons. The van der Waals surface area contributed by atoms with Crippen LogP contribution in [0.2, 0.25) is 0 Å². The second kappa shape index (κ2) is 7.25. The average Bonchev–Trinajstić information content (AvgIpc) is 2.62. The Bertz CT molecular complexity index is 752. The Labute approximate surface area is 148 Å². The van der Waals surface area contributed by atoms with Crippen LogP contribution < -0.4 is 4.90 Å². The van der Waals surface area contributed by atoms with Crippen LogP contribution in [0.1, 0.15) is 16.8 Å². The summed E-state index contributed by atoms with van der Waals surface area (Å²) in [5, 5.41) is 9.16. The lowest BCUT2D eigenvalue weighted by Gasteiger charge is -2.38. The van der Waals surface area contributed by atoms with Gasteiger partial charge in [-0.25, -0.2) is 4.98 Å². The number of ether oxygens (including phenoxy) is 1. The van der Waals surface area contributed by atoms with Crippen LogP contribution in [0.25, 0.3) is 0 Å². The Balaban J connectivity index is 1.69. The minimum absolute atomic E-state index is 0.415. The summed E-state index contributed by atoms with van der Waals surface area (Å²) in [5.41, 5.74) is 2.21. The van der Waals surface area contributed by atoms with Crippen molar-refractivity contribution < 1.29 is 13.2 Å². The number of piperazine rings is 1. The molecule has 2 aliphatic heterocycles. The molecule has 0 spiro atoms. The average molecular weight is 365 g/mol. The quantitative estimate of drug-likeness (QED) is 0.764. The van der Waals surface area contributed by atoms with Crippen molar-refractivity contribution in [3.8, 4) is 6.07 Å². The van der Waals surface area contributed by atoms with E-state index in [4.69, 9.17) is 10.00 Å². The maximum atomic E-state index is 12.7. The first kappa shape index (κ1) is 18.1. The summed E-state index contributed by atoms with van der Waals surface area (Å²) >= 11 is 0. The summed E-state index contributed by atoms with van der Waals surface area (Å²) in [5.74, 6) is 0.803. The monoisotopic (exact) mass is 365 g/mol. The maximum absolute atomic E-state index is 12.7. The highest BCUT2D eigenvalue weighted by atomic mass is 32.2. The van der Waals surface area contributed by atoms with Crippen molar-refractivity contribution in [2.45, 2.75) is 13.8 Å². The molecule has 0 unspecified atom stereocenters. The fourth-order valence-corrected chi connectivity index (χ4v) is 4.79. The third-order valence-corrected chi connectivity index (χ3v) is 6.72. The minimum atomic E-state index is -3.42. The van der Waals surface area contributed by atoms with Crippen LogP contribution in [0.15, 0.2) is 6.07 Å². The van der Waals surface area contributed by atoms with Gasteiger partial charge in [0.15, 0.2) is 0 Å². The molecule has 0 amide bonds. The molecule has 1 aromatic rings. The first-order chi connectivity index (χ1) is 11.9. The molecular weight excluding hydrogens is 342 g/mol. The summed E-state index contributed by atoms with van der Waals surface area (Å²) in [7, 11) is -3.42. The van der Waals surface area contributed by atoms with Crippen LogP contribution in [-0.4, -0.2) is 74.5 Å². The Kier molecular flexibility index (Phi) is 5.24. The van der Waals surface area contributed by atoms with E-state index in [-0.39, 0.29) is 0 Å². The molecular formula is C16H23N5O3S. The molecule has 2 fully saturated rings. The molecule has 0 aliphatic carbocycles. The zero-order valence-corrected chi connectivity index (χ0v) is 15.4. The maximum Gasteiger partial charge on any atom is 0.282 e. The van der Waals surface area contributed by atoms with Crippen LogP contribution >= 0.6 is 0 Å². The predicted molar refractivity (Wildman–Crippen MR) is 93.5 cm³/mol. The molecule has 136 valence electrons. The fraction of sp³-hybridized carbons (Fsp3) is 0.625. The first-order valence-electron chi connectivity index (χ1n) is 8.39. The molecule has 0 N–H and O–H groups in total. The van der Waals surface area contributed by atoms with Crippen molar-refractivity contribution in [3.63, 3.8) is 0 Å². The molecule has 3 heterocycles. The van der Waals surface area contributed by atoms with E-state index in [1.165, 1.54) is 8.61 Å². The van der Waals surface area contributed by atoms with E-state index in [0.717, 1.165) is 11.4 Å². The van der Waals surface area contributed by atoms with Gasteiger partial charge in [0.1, 0.15) is 11.9 Å². The van der Waals surface area contributed by atoms with Crippen molar-refractivity contribution in [2.24, 2.45) is 0 Å². The highest BCUT2D eigenvalue weighted by Gasteiger charge is 2.33. The van der Waals surface area contributed by atoms with Gasteiger partial charge in [0.05, 0.1) is 24.5 Å². The Morgan fingerprint density at radius 2 is 1.68 bits per heavy atom. The number of hydrogen-bond donors (Lipinski definition) is 0. The highest BCUT2D eigenvalue weighted by molar-refractivity contribution is 7.86. The van der Waals surface area contributed by atoms with E-state index in [1.54, 1.807) is 0 Å². The van der Waals surface area contributed by atoms with Crippen LogP contribution in [0, 0.1) is 25.2 Å². The summed E-state index contributed by atoms with van der Waals surface area (Å²) in [6.07, 6.45) is 0. The van der Waals surface area contributed by atoms with Crippen molar-refractivity contribution in [3.05, 3.63) is 22.9 Å². The number of nitrogens with zero attached hydrogens (tertiary/aromatic N) is 5. The number of aryl methyl sites for hydroxylation is 2. The Morgan fingerprint density at radius 3 is 2.24 bits per heavy atom. The van der Waals surface area contributed by atoms with Crippen LogP contribution in [0.4, 0.5) is 5.82 Å². The number of pyridine rings is 1. The van der Waals surface area contributed by atoms with E-state index in [9.17, 15) is 8.42 Å². The number of morpholine rings is 1. The molecule has 2 saturated heterocycles. The van der Waals surface area contributed by atoms with Gasteiger partial charge in [-0.05, 0) is 25.5 Å². The molecule has 0 aromatic carbocycles. The molecule has 2 aliphatic rings. The fourth-order valence-electron chi connectivity index (χ4n) is 3.23. The van der Waals surface area contributed by atoms with Gasteiger partial charge in [0.25, 0.3) is 10.2 Å². The Hall–Kier alpha value is -1.73. The van der Waals surface area contributed by atoms with Crippen molar-refractivity contribution in [2.75, 3.05) is 57.4 Å². The largest absolute Gasteiger partial charge is 0.379 e. The Morgan fingerprint density at radius 1 is 1.08 bits per heavy atom. The van der Waals surface area contributed by atoms with Gasteiger partial charge in [-0.2, -0.15) is 22.3 Å². The van der Waals surface area contributed by atoms with Gasteiger partial charge >= 0.3 is 0 Å². The molecule has 8 nitrogen and oxygen atoms in total. The van der Waals surface area contributed by atoms with E-state index in [2.05, 4.69) is 16.0 Å². The SMILES string of the molecule is Cc1cc(N2CCN(S(=O)(=O)N3CCOCC3)CC2)nc(C)c1C#N. The summed E-state index contributed by atoms with van der Waals surface area (Å²) in [6, 6.07) is 4.07. The molecule has 1 aromatic heterocycles.